The van der Waals surface area contributed by atoms with E-state index in [1.807, 2.05) is 48.1 Å². The quantitative estimate of drug-likeness (QED) is 0.288. The lowest BCUT2D eigenvalue weighted by molar-refractivity contribution is 0.715. The second-order valence-corrected chi connectivity index (χ2v) is 7.55. The molecule has 0 aliphatic rings. The lowest BCUT2D eigenvalue weighted by Crippen LogP contribution is -2.37. The lowest BCUT2D eigenvalue weighted by Gasteiger charge is -2.12. The average molecular weight is 510 g/mol. The van der Waals surface area contributed by atoms with Crippen LogP contribution in [0, 0.1) is 6.92 Å². The van der Waals surface area contributed by atoms with Crippen molar-refractivity contribution in [2.45, 2.75) is 39.9 Å². The smallest absolute Gasteiger partial charge is 0.192 e. The molecule has 0 bridgehead atoms. The number of aromatic nitrogens is 3. The van der Waals surface area contributed by atoms with Crippen LogP contribution >= 0.6 is 35.3 Å². The van der Waals surface area contributed by atoms with Gasteiger partial charge in [-0.3, -0.25) is 0 Å². The standard InChI is InChI=1S/C20H26N6S.HI/c1-4-17-10-11-18(27-17)13-22-20(21-12-16-8-6-5-7-9-16)23-14-19-25-24-15(2)26(19)3;/h5-11H,4,12-14H2,1-3H3,(H2,21,22,23);1H. The fourth-order valence-corrected chi connectivity index (χ4v) is 3.47. The fraction of sp³-hybridized carbons (Fsp3) is 0.350. The Balaban J connectivity index is 0.00000280. The van der Waals surface area contributed by atoms with E-state index in [4.69, 9.17) is 4.99 Å². The van der Waals surface area contributed by atoms with Crippen molar-refractivity contribution in [3.05, 3.63) is 69.4 Å². The van der Waals surface area contributed by atoms with E-state index < -0.39 is 0 Å². The van der Waals surface area contributed by atoms with Crippen molar-refractivity contribution in [2.75, 3.05) is 0 Å². The van der Waals surface area contributed by atoms with Crippen molar-refractivity contribution < 1.29 is 0 Å². The van der Waals surface area contributed by atoms with Crippen LogP contribution in [-0.4, -0.2) is 20.7 Å². The Bertz CT molecular complexity index is 887. The molecule has 150 valence electrons. The predicted molar refractivity (Wildman–Crippen MR) is 126 cm³/mol. The number of nitrogens with one attached hydrogen (secondary N) is 2. The number of nitrogens with zero attached hydrogens (tertiary/aromatic N) is 4. The van der Waals surface area contributed by atoms with Crippen LogP contribution in [0.4, 0.5) is 0 Å². The first kappa shape index (κ1) is 22.4. The second-order valence-electron chi connectivity index (χ2n) is 6.30. The van der Waals surface area contributed by atoms with Crippen molar-refractivity contribution in [1.82, 2.24) is 25.4 Å². The van der Waals surface area contributed by atoms with Gasteiger partial charge in [0.15, 0.2) is 11.8 Å². The normalized spacial score (nSPS) is 11.2. The summed E-state index contributed by atoms with van der Waals surface area (Å²) < 4.78 is 1.98. The molecule has 0 fully saturated rings. The molecular weight excluding hydrogens is 483 g/mol. The summed E-state index contributed by atoms with van der Waals surface area (Å²) in [6.45, 7) is 6.08. The van der Waals surface area contributed by atoms with Crippen molar-refractivity contribution in [3.63, 3.8) is 0 Å². The van der Waals surface area contributed by atoms with Gasteiger partial charge in [0.2, 0.25) is 0 Å². The number of hydrogen-bond acceptors (Lipinski definition) is 4. The summed E-state index contributed by atoms with van der Waals surface area (Å²) in [4.78, 5) is 7.43. The van der Waals surface area contributed by atoms with Gasteiger partial charge in [0, 0.05) is 16.8 Å². The number of rotatable bonds is 7. The summed E-state index contributed by atoms with van der Waals surface area (Å²) >= 11 is 1.84. The van der Waals surface area contributed by atoms with E-state index in [9.17, 15) is 0 Å². The summed E-state index contributed by atoms with van der Waals surface area (Å²) in [5.74, 6) is 2.55. The predicted octanol–water partition coefficient (Wildman–Crippen LogP) is 3.80. The molecular formula is C20H27IN6S. The maximum atomic E-state index is 4.73. The molecule has 3 rings (SSSR count). The van der Waals surface area contributed by atoms with Gasteiger partial charge in [-0.1, -0.05) is 37.3 Å². The van der Waals surface area contributed by atoms with Gasteiger partial charge in [-0.15, -0.1) is 45.5 Å². The van der Waals surface area contributed by atoms with Crippen LogP contribution in [0.15, 0.2) is 47.5 Å². The van der Waals surface area contributed by atoms with Crippen LogP contribution in [0.2, 0.25) is 0 Å². The Morgan fingerprint density at radius 3 is 2.39 bits per heavy atom. The van der Waals surface area contributed by atoms with Gasteiger partial charge >= 0.3 is 0 Å². The molecule has 0 aliphatic carbocycles. The van der Waals surface area contributed by atoms with E-state index >= 15 is 0 Å². The average Bonchev–Trinajstić information content (AvgIpc) is 3.29. The molecule has 8 heteroatoms. The van der Waals surface area contributed by atoms with Gasteiger partial charge in [0.05, 0.1) is 19.6 Å². The van der Waals surface area contributed by atoms with Gasteiger partial charge in [-0.05, 0) is 31.0 Å². The van der Waals surface area contributed by atoms with E-state index in [1.54, 1.807) is 0 Å². The van der Waals surface area contributed by atoms with Gasteiger partial charge in [0.1, 0.15) is 5.82 Å². The Morgan fingerprint density at radius 2 is 1.75 bits per heavy atom. The van der Waals surface area contributed by atoms with Crippen LogP contribution in [0.3, 0.4) is 0 Å². The van der Waals surface area contributed by atoms with Crippen LogP contribution < -0.4 is 10.6 Å². The van der Waals surface area contributed by atoms with Crippen molar-refractivity contribution in [1.29, 1.82) is 0 Å². The summed E-state index contributed by atoms with van der Waals surface area (Å²) in [5, 5.41) is 15.1. The minimum atomic E-state index is 0. The van der Waals surface area contributed by atoms with Gasteiger partial charge in [-0.25, -0.2) is 4.99 Å². The monoisotopic (exact) mass is 510 g/mol. The Kier molecular flexibility index (Phi) is 8.91. The SMILES string of the molecule is CCc1ccc(CNC(=NCc2ccccc2)NCc2nnc(C)n2C)s1.I. The molecule has 28 heavy (non-hydrogen) atoms. The number of guanidine groups is 1. The van der Waals surface area contributed by atoms with Crippen molar-refractivity contribution in [2.24, 2.45) is 12.0 Å². The summed E-state index contributed by atoms with van der Waals surface area (Å²) in [7, 11) is 1.97. The molecule has 0 saturated carbocycles. The minimum absolute atomic E-state index is 0. The topological polar surface area (TPSA) is 67.1 Å². The molecule has 2 aromatic heterocycles. The molecule has 6 nitrogen and oxygen atoms in total. The summed E-state index contributed by atoms with van der Waals surface area (Å²) in [5.41, 5.74) is 1.18. The first-order valence-corrected chi connectivity index (χ1v) is 9.96. The molecule has 0 unspecified atom stereocenters. The van der Waals surface area contributed by atoms with E-state index in [0.717, 1.165) is 30.6 Å². The molecule has 0 aliphatic heterocycles. The highest BCUT2D eigenvalue weighted by Crippen LogP contribution is 2.16. The molecule has 0 spiro atoms. The van der Waals surface area contributed by atoms with Crippen LogP contribution in [0.5, 0.6) is 0 Å². The number of aryl methyl sites for hydroxylation is 2. The summed E-state index contributed by atoms with van der Waals surface area (Å²) in [6, 6.07) is 14.6. The third-order valence-corrected chi connectivity index (χ3v) is 5.58. The van der Waals surface area contributed by atoms with Crippen LogP contribution in [-0.2, 0) is 33.1 Å². The third-order valence-electron chi connectivity index (χ3n) is 4.36. The van der Waals surface area contributed by atoms with Crippen LogP contribution in [0.1, 0.15) is 33.9 Å². The van der Waals surface area contributed by atoms with Crippen molar-refractivity contribution >= 4 is 41.3 Å². The number of benzene rings is 1. The minimum Gasteiger partial charge on any atom is -0.351 e. The number of thiophene rings is 1. The van der Waals surface area contributed by atoms with E-state index in [0.29, 0.717) is 13.1 Å². The largest absolute Gasteiger partial charge is 0.351 e. The molecule has 0 radical (unpaired) electrons. The first-order chi connectivity index (χ1) is 13.2. The Labute approximate surface area is 187 Å². The molecule has 0 saturated heterocycles. The molecule has 0 atom stereocenters. The number of aliphatic imine (C=N–C) groups is 1. The molecule has 2 N–H and O–H groups in total. The Morgan fingerprint density at radius 1 is 1.04 bits per heavy atom. The van der Waals surface area contributed by atoms with Crippen LogP contribution in [0.25, 0.3) is 0 Å². The molecule has 1 aromatic carbocycles. The van der Waals surface area contributed by atoms with Crippen molar-refractivity contribution in [3.8, 4) is 0 Å². The zero-order valence-corrected chi connectivity index (χ0v) is 19.6. The van der Waals surface area contributed by atoms with E-state index in [-0.39, 0.29) is 24.0 Å². The zero-order chi connectivity index (χ0) is 19.1. The second kappa shape index (κ2) is 11.2. The van der Waals surface area contributed by atoms with Gasteiger partial charge in [0.25, 0.3) is 0 Å². The number of halogens is 1. The Hall–Kier alpha value is -1.94. The molecule has 0 amide bonds. The summed E-state index contributed by atoms with van der Waals surface area (Å²) in [6.07, 6.45) is 1.07. The maximum absolute atomic E-state index is 4.73. The lowest BCUT2D eigenvalue weighted by atomic mass is 10.2. The first-order valence-electron chi connectivity index (χ1n) is 9.14. The fourth-order valence-electron chi connectivity index (χ4n) is 2.57. The van der Waals surface area contributed by atoms with Gasteiger partial charge in [-0.2, -0.15) is 0 Å². The highest BCUT2D eigenvalue weighted by molar-refractivity contribution is 14.0. The third kappa shape index (κ3) is 6.30. The zero-order valence-electron chi connectivity index (χ0n) is 16.5. The van der Waals surface area contributed by atoms with E-state index in [2.05, 4.69) is 52.0 Å². The molecule has 2 heterocycles. The van der Waals surface area contributed by atoms with E-state index in [1.165, 1.54) is 15.3 Å². The number of hydrogen-bond donors (Lipinski definition) is 2. The van der Waals surface area contributed by atoms with Gasteiger partial charge < -0.3 is 15.2 Å². The highest BCUT2D eigenvalue weighted by atomic mass is 127. The highest BCUT2D eigenvalue weighted by Gasteiger charge is 2.07. The molecule has 3 aromatic rings. The maximum Gasteiger partial charge on any atom is 0.192 e.